The molecule has 0 aromatic heterocycles. The number of carbonyl (C=O) groups is 1. The lowest BCUT2D eigenvalue weighted by Crippen LogP contribution is -2.48. The van der Waals surface area contributed by atoms with E-state index in [1.54, 1.807) is 6.07 Å². The number of hydrogen-bond acceptors (Lipinski definition) is 3. The zero-order chi connectivity index (χ0) is 16.2. The third-order valence-electron chi connectivity index (χ3n) is 3.63. The molecule has 1 fully saturated rings. The molecule has 1 aromatic carbocycles. The van der Waals surface area contributed by atoms with E-state index in [4.69, 9.17) is 0 Å². The number of para-hydroxylation sites is 1. The van der Waals surface area contributed by atoms with E-state index in [1.165, 1.54) is 18.2 Å². The van der Waals surface area contributed by atoms with Gasteiger partial charge in [0.25, 0.3) is 0 Å². The Morgan fingerprint density at radius 1 is 1.41 bits per heavy atom. The Hall–Kier alpha value is -1.76. The first-order chi connectivity index (χ1) is 10.3. The Bertz CT molecular complexity index is 520. The Kier molecular flexibility index (Phi) is 5.28. The van der Waals surface area contributed by atoms with Gasteiger partial charge < -0.3 is 15.4 Å². The zero-order valence-corrected chi connectivity index (χ0v) is 12.2. The number of amides is 1. The summed E-state index contributed by atoms with van der Waals surface area (Å²) in [6, 6.07) is 5.50. The second kappa shape index (κ2) is 7.00. The van der Waals surface area contributed by atoms with Gasteiger partial charge in [-0.3, -0.25) is 4.79 Å². The molecule has 0 radical (unpaired) electrons. The van der Waals surface area contributed by atoms with Crippen LogP contribution in [0.4, 0.5) is 13.2 Å². The molecule has 1 aliphatic rings. The number of alkyl halides is 3. The molecule has 0 aliphatic carbocycles. The second-order valence-corrected chi connectivity index (χ2v) is 5.51. The number of hydrogen-bond donors (Lipinski definition) is 2. The first kappa shape index (κ1) is 16.6. The maximum atomic E-state index is 12.3. The van der Waals surface area contributed by atoms with Gasteiger partial charge in [0.15, 0.2) is 0 Å². The van der Waals surface area contributed by atoms with Crippen LogP contribution < -0.4 is 15.4 Å². The summed E-state index contributed by atoms with van der Waals surface area (Å²) >= 11 is 0. The highest BCUT2D eigenvalue weighted by Gasteiger charge is 2.32. The summed E-state index contributed by atoms with van der Waals surface area (Å²) in [5.41, 5.74) is 0.289. The van der Waals surface area contributed by atoms with Crippen LogP contribution in [0.2, 0.25) is 0 Å². The molecular formula is C15H19F3N2O2. The van der Waals surface area contributed by atoms with Crippen LogP contribution in [0.25, 0.3) is 0 Å². The highest BCUT2D eigenvalue weighted by atomic mass is 19.4. The number of carbonyl (C=O) groups excluding carboxylic acids is 1. The summed E-state index contributed by atoms with van der Waals surface area (Å²) in [6.45, 7) is 2.85. The topological polar surface area (TPSA) is 50.4 Å². The number of benzene rings is 1. The lowest BCUT2D eigenvalue weighted by molar-refractivity contribution is -0.274. The quantitative estimate of drug-likeness (QED) is 0.898. The second-order valence-electron chi connectivity index (χ2n) is 5.51. The highest BCUT2D eigenvalue weighted by molar-refractivity contribution is 5.81. The van der Waals surface area contributed by atoms with Gasteiger partial charge >= 0.3 is 6.36 Å². The van der Waals surface area contributed by atoms with E-state index in [2.05, 4.69) is 22.3 Å². The van der Waals surface area contributed by atoms with Crippen LogP contribution in [0, 0.1) is 5.92 Å². The predicted octanol–water partition coefficient (Wildman–Crippen LogP) is 2.59. The molecule has 0 spiro atoms. The third kappa shape index (κ3) is 4.91. The van der Waals surface area contributed by atoms with Gasteiger partial charge in [-0.2, -0.15) is 0 Å². The minimum absolute atomic E-state index is 0.00233. The molecule has 1 saturated heterocycles. The monoisotopic (exact) mass is 316 g/mol. The number of halogens is 3. The van der Waals surface area contributed by atoms with Gasteiger partial charge in [0, 0.05) is 12.1 Å². The van der Waals surface area contributed by atoms with Crippen molar-refractivity contribution >= 4 is 5.91 Å². The molecule has 1 heterocycles. The minimum Gasteiger partial charge on any atom is -0.405 e. The molecule has 0 bridgehead atoms. The molecule has 2 atom stereocenters. The number of ether oxygens (including phenoxy) is 1. The van der Waals surface area contributed by atoms with Gasteiger partial charge in [0.2, 0.25) is 5.91 Å². The molecular weight excluding hydrogens is 297 g/mol. The molecule has 7 heteroatoms. The Balaban J connectivity index is 1.95. The van der Waals surface area contributed by atoms with Gasteiger partial charge in [-0.15, -0.1) is 13.2 Å². The molecule has 122 valence electrons. The van der Waals surface area contributed by atoms with Crippen LogP contribution in [-0.2, 0) is 11.3 Å². The van der Waals surface area contributed by atoms with Crippen molar-refractivity contribution in [3.05, 3.63) is 29.8 Å². The zero-order valence-electron chi connectivity index (χ0n) is 12.2. The van der Waals surface area contributed by atoms with Gasteiger partial charge in [-0.1, -0.05) is 25.1 Å². The SMILES string of the molecule is CC1CCNC(C(=O)NCc2ccccc2OC(F)(F)F)C1. The van der Waals surface area contributed by atoms with Gasteiger partial charge in [-0.05, 0) is 31.4 Å². The minimum atomic E-state index is -4.75. The molecule has 2 rings (SSSR count). The van der Waals surface area contributed by atoms with Crippen LogP contribution in [0.15, 0.2) is 24.3 Å². The van der Waals surface area contributed by atoms with E-state index < -0.39 is 6.36 Å². The normalized spacial score (nSPS) is 22.2. The summed E-state index contributed by atoms with van der Waals surface area (Å²) in [4.78, 5) is 12.1. The number of piperidine rings is 1. The van der Waals surface area contributed by atoms with Crippen LogP contribution in [-0.4, -0.2) is 24.9 Å². The van der Waals surface area contributed by atoms with Crippen molar-refractivity contribution in [2.45, 2.75) is 38.7 Å². The lowest BCUT2D eigenvalue weighted by Gasteiger charge is -2.27. The summed E-state index contributed by atoms with van der Waals surface area (Å²) in [6.07, 6.45) is -3.00. The Morgan fingerprint density at radius 3 is 2.82 bits per heavy atom. The highest BCUT2D eigenvalue weighted by Crippen LogP contribution is 2.26. The van der Waals surface area contributed by atoms with Crippen LogP contribution in [0.1, 0.15) is 25.3 Å². The van der Waals surface area contributed by atoms with Crippen molar-refractivity contribution in [1.82, 2.24) is 10.6 Å². The molecule has 0 saturated carbocycles. The van der Waals surface area contributed by atoms with Crippen LogP contribution in [0.3, 0.4) is 0 Å². The number of nitrogens with one attached hydrogen (secondary N) is 2. The van der Waals surface area contributed by atoms with E-state index in [0.717, 1.165) is 19.4 Å². The maximum Gasteiger partial charge on any atom is 0.573 e. The largest absolute Gasteiger partial charge is 0.573 e. The molecule has 4 nitrogen and oxygen atoms in total. The molecule has 1 amide bonds. The van der Waals surface area contributed by atoms with E-state index >= 15 is 0 Å². The smallest absolute Gasteiger partial charge is 0.405 e. The first-order valence-electron chi connectivity index (χ1n) is 7.20. The fourth-order valence-corrected chi connectivity index (χ4v) is 2.49. The fraction of sp³-hybridized carbons (Fsp3) is 0.533. The van der Waals surface area contributed by atoms with Crippen molar-refractivity contribution < 1.29 is 22.7 Å². The van der Waals surface area contributed by atoms with E-state index in [9.17, 15) is 18.0 Å². The van der Waals surface area contributed by atoms with E-state index in [0.29, 0.717) is 5.92 Å². The van der Waals surface area contributed by atoms with Crippen LogP contribution >= 0.6 is 0 Å². The average molecular weight is 316 g/mol. The lowest BCUT2D eigenvalue weighted by atomic mass is 9.94. The molecule has 1 aliphatic heterocycles. The Labute approximate surface area is 127 Å². The van der Waals surface area contributed by atoms with Gasteiger partial charge in [-0.25, -0.2) is 0 Å². The summed E-state index contributed by atoms with van der Waals surface area (Å²) < 4.78 is 41.0. The van der Waals surface area contributed by atoms with Crippen molar-refractivity contribution in [2.24, 2.45) is 5.92 Å². The van der Waals surface area contributed by atoms with E-state index in [1.807, 2.05) is 0 Å². The molecule has 2 unspecified atom stereocenters. The number of rotatable bonds is 4. The molecule has 1 aromatic rings. The van der Waals surface area contributed by atoms with Crippen molar-refractivity contribution in [2.75, 3.05) is 6.54 Å². The first-order valence-corrected chi connectivity index (χ1v) is 7.20. The molecule has 2 N–H and O–H groups in total. The maximum absolute atomic E-state index is 12.3. The van der Waals surface area contributed by atoms with Crippen LogP contribution in [0.5, 0.6) is 5.75 Å². The molecule has 22 heavy (non-hydrogen) atoms. The van der Waals surface area contributed by atoms with Gasteiger partial charge in [0.05, 0.1) is 6.04 Å². The average Bonchev–Trinajstić information content (AvgIpc) is 2.44. The van der Waals surface area contributed by atoms with Crippen molar-refractivity contribution in [3.63, 3.8) is 0 Å². The standard InChI is InChI=1S/C15H19F3N2O2/c1-10-6-7-19-12(8-10)14(21)20-9-11-4-2-3-5-13(11)22-15(16,17)18/h2-5,10,12,19H,6-9H2,1H3,(H,20,21). The van der Waals surface area contributed by atoms with Gasteiger partial charge in [0.1, 0.15) is 5.75 Å². The van der Waals surface area contributed by atoms with Crippen molar-refractivity contribution in [1.29, 1.82) is 0 Å². The van der Waals surface area contributed by atoms with Crippen molar-refractivity contribution in [3.8, 4) is 5.75 Å². The summed E-state index contributed by atoms with van der Waals surface area (Å²) in [5, 5.41) is 5.78. The van der Waals surface area contributed by atoms with E-state index in [-0.39, 0.29) is 29.8 Å². The summed E-state index contributed by atoms with van der Waals surface area (Å²) in [5.74, 6) is -0.0357. The predicted molar refractivity (Wildman–Crippen MR) is 75.2 cm³/mol. The Morgan fingerprint density at radius 2 is 2.14 bits per heavy atom. The third-order valence-corrected chi connectivity index (χ3v) is 3.63. The fourth-order valence-electron chi connectivity index (χ4n) is 2.49. The summed E-state index contributed by atoms with van der Waals surface area (Å²) in [7, 11) is 0.